The number of ether oxygens (including phenoxy) is 1. The van der Waals surface area contributed by atoms with Crippen LogP contribution in [0.5, 0.6) is 5.75 Å². The van der Waals surface area contributed by atoms with Crippen LogP contribution in [0.25, 0.3) is 22.4 Å². The average Bonchev–Trinajstić information content (AvgIpc) is 3.00. The van der Waals surface area contributed by atoms with Crippen LogP contribution < -0.4 is 0 Å². The van der Waals surface area contributed by atoms with Gasteiger partial charge in [0, 0.05) is 35.9 Å². The summed E-state index contributed by atoms with van der Waals surface area (Å²) in [6.07, 6.45) is 0.570. The Labute approximate surface area is 133 Å². The van der Waals surface area contributed by atoms with Crippen LogP contribution in [-0.2, 0) is 11.2 Å². The third-order valence-electron chi connectivity index (χ3n) is 3.69. The zero-order valence-corrected chi connectivity index (χ0v) is 12.7. The predicted molar refractivity (Wildman–Crippen MR) is 86.7 cm³/mol. The SMILES string of the molecule is COCCc1[nH]nc(-c2ccccc2)c1-c1cccc(O)c1F. The Hall–Kier alpha value is -2.66. The van der Waals surface area contributed by atoms with Crippen molar-refractivity contribution in [2.45, 2.75) is 6.42 Å². The molecule has 5 heteroatoms. The molecule has 0 aliphatic rings. The number of phenolic OH excluding ortho intramolecular Hbond substituents is 1. The average molecular weight is 312 g/mol. The minimum Gasteiger partial charge on any atom is -0.505 e. The topological polar surface area (TPSA) is 58.1 Å². The molecule has 0 spiro atoms. The first-order valence-electron chi connectivity index (χ1n) is 7.31. The van der Waals surface area contributed by atoms with E-state index < -0.39 is 5.82 Å². The number of hydrogen-bond donors (Lipinski definition) is 2. The van der Waals surface area contributed by atoms with Crippen molar-refractivity contribution in [2.75, 3.05) is 13.7 Å². The molecule has 4 nitrogen and oxygen atoms in total. The maximum Gasteiger partial charge on any atom is 0.172 e. The van der Waals surface area contributed by atoms with Crippen molar-refractivity contribution in [2.24, 2.45) is 0 Å². The molecule has 2 N–H and O–H groups in total. The van der Waals surface area contributed by atoms with E-state index in [4.69, 9.17) is 4.74 Å². The van der Waals surface area contributed by atoms with Gasteiger partial charge >= 0.3 is 0 Å². The fourth-order valence-electron chi connectivity index (χ4n) is 2.57. The second kappa shape index (κ2) is 6.62. The Morgan fingerprint density at radius 1 is 1.13 bits per heavy atom. The highest BCUT2D eigenvalue weighted by atomic mass is 19.1. The Balaban J connectivity index is 2.19. The number of rotatable bonds is 5. The molecule has 0 unspecified atom stereocenters. The summed E-state index contributed by atoms with van der Waals surface area (Å²) in [4.78, 5) is 0. The smallest absolute Gasteiger partial charge is 0.172 e. The molecule has 0 amide bonds. The van der Waals surface area contributed by atoms with E-state index in [-0.39, 0.29) is 5.75 Å². The third kappa shape index (κ3) is 2.96. The third-order valence-corrected chi connectivity index (χ3v) is 3.69. The highest BCUT2D eigenvalue weighted by Gasteiger charge is 2.20. The molecular formula is C18H17FN2O2. The molecule has 23 heavy (non-hydrogen) atoms. The van der Waals surface area contributed by atoms with E-state index >= 15 is 0 Å². The first-order chi connectivity index (χ1) is 11.2. The van der Waals surface area contributed by atoms with Crippen molar-refractivity contribution in [3.05, 3.63) is 60.0 Å². The van der Waals surface area contributed by atoms with E-state index in [0.29, 0.717) is 29.8 Å². The molecule has 3 aromatic rings. The van der Waals surface area contributed by atoms with Crippen molar-refractivity contribution in [3.63, 3.8) is 0 Å². The number of aromatic amines is 1. The maximum absolute atomic E-state index is 14.4. The fourth-order valence-corrected chi connectivity index (χ4v) is 2.57. The lowest BCUT2D eigenvalue weighted by Gasteiger charge is -2.09. The van der Waals surface area contributed by atoms with Crippen LogP contribution in [0.1, 0.15) is 5.69 Å². The lowest BCUT2D eigenvalue weighted by Crippen LogP contribution is -1.98. The quantitative estimate of drug-likeness (QED) is 0.754. The van der Waals surface area contributed by atoms with Crippen LogP contribution in [0, 0.1) is 5.82 Å². The summed E-state index contributed by atoms with van der Waals surface area (Å²) in [5.41, 5.74) is 3.28. The second-order valence-electron chi connectivity index (χ2n) is 5.17. The number of H-pyrrole nitrogens is 1. The summed E-state index contributed by atoms with van der Waals surface area (Å²) >= 11 is 0. The number of nitrogens with zero attached hydrogens (tertiary/aromatic N) is 1. The minimum atomic E-state index is -0.648. The Morgan fingerprint density at radius 3 is 2.65 bits per heavy atom. The molecule has 0 atom stereocenters. The van der Waals surface area contributed by atoms with Crippen LogP contribution >= 0.6 is 0 Å². The van der Waals surface area contributed by atoms with E-state index in [1.165, 1.54) is 6.07 Å². The lowest BCUT2D eigenvalue weighted by molar-refractivity contribution is 0.201. The minimum absolute atomic E-state index is 0.323. The van der Waals surface area contributed by atoms with Gasteiger partial charge in [0.2, 0.25) is 0 Å². The van der Waals surface area contributed by atoms with Gasteiger partial charge in [-0.3, -0.25) is 5.10 Å². The number of benzene rings is 2. The van der Waals surface area contributed by atoms with Crippen molar-refractivity contribution >= 4 is 0 Å². The van der Waals surface area contributed by atoms with E-state index in [9.17, 15) is 9.50 Å². The van der Waals surface area contributed by atoms with Crippen molar-refractivity contribution in [1.29, 1.82) is 0 Å². The first kappa shape index (κ1) is 15.2. The maximum atomic E-state index is 14.4. The van der Waals surface area contributed by atoms with Crippen LogP contribution in [0.3, 0.4) is 0 Å². The van der Waals surface area contributed by atoms with Crippen LogP contribution in [-0.4, -0.2) is 29.0 Å². The van der Waals surface area contributed by atoms with Gasteiger partial charge in [0.05, 0.1) is 6.61 Å². The van der Waals surface area contributed by atoms with E-state index in [1.807, 2.05) is 30.3 Å². The van der Waals surface area contributed by atoms with Gasteiger partial charge in [0.25, 0.3) is 0 Å². The number of aromatic nitrogens is 2. The lowest BCUT2D eigenvalue weighted by atomic mass is 9.97. The summed E-state index contributed by atoms with van der Waals surface area (Å²) in [6, 6.07) is 14.1. The molecule has 0 fully saturated rings. The van der Waals surface area contributed by atoms with Crippen LogP contribution in [0.4, 0.5) is 4.39 Å². The zero-order chi connectivity index (χ0) is 16.2. The summed E-state index contributed by atoms with van der Waals surface area (Å²) in [7, 11) is 1.61. The molecule has 0 saturated carbocycles. The second-order valence-corrected chi connectivity index (χ2v) is 5.17. The molecule has 3 rings (SSSR count). The predicted octanol–water partition coefficient (Wildman–Crippen LogP) is 3.78. The van der Waals surface area contributed by atoms with Gasteiger partial charge < -0.3 is 9.84 Å². The Kier molecular flexibility index (Phi) is 4.39. The number of aromatic hydroxyl groups is 1. The van der Waals surface area contributed by atoms with E-state index in [0.717, 1.165) is 11.3 Å². The molecule has 118 valence electrons. The van der Waals surface area contributed by atoms with Crippen molar-refractivity contribution in [3.8, 4) is 28.1 Å². The number of nitrogens with one attached hydrogen (secondary N) is 1. The molecule has 0 bridgehead atoms. The normalized spacial score (nSPS) is 10.9. The molecule has 2 aromatic carbocycles. The number of halogens is 1. The number of hydrogen-bond acceptors (Lipinski definition) is 3. The van der Waals surface area contributed by atoms with Gasteiger partial charge in [-0.05, 0) is 6.07 Å². The van der Waals surface area contributed by atoms with Gasteiger partial charge in [-0.25, -0.2) is 4.39 Å². The molecule has 0 radical (unpaired) electrons. The summed E-state index contributed by atoms with van der Waals surface area (Å²) in [6.45, 7) is 0.490. The zero-order valence-electron chi connectivity index (χ0n) is 12.7. The molecule has 0 aliphatic heterocycles. The molecular weight excluding hydrogens is 295 g/mol. The standard InChI is InChI=1S/C18H17FN2O2/c1-23-11-10-14-16(13-8-5-9-15(22)17(13)19)18(21-20-14)12-6-3-2-4-7-12/h2-9,22H,10-11H2,1H3,(H,20,21). The molecule has 1 heterocycles. The molecule has 0 aliphatic carbocycles. The van der Waals surface area contributed by atoms with Crippen LogP contribution in [0.15, 0.2) is 48.5 Å². The number of methoxy groups -OCH3 is 1. The van der Waals surface area contributed by atoms with E-state index in [1.54, 1.807) is 19.2 Å². The summed E-state index contributed by atoms with van der Waals surface area (Å²) in [5, 5.41) is 17.0. The summed E-state index contributed by atoms with van der Waals surface area (Å²) in [5.74, 6) is -1.02. The van der Waals surface area contributed by atoms with Gasteiger partial charge in [-0.1, -0.05) is 42.5 Å². The highest BCUT2D eigenvalue weighted by Crippen LogP contribution is 2.37. The first-order valence-corrected chi connectivity index (χ1v) is 7.31. The van der Waals surface area contributed by atoms with Crippen molar-refractivity contribution in [1.82, 2.24) is 10.2 Å². The van der Waals surface area contributed by atoms with Gasteiger partial charge in [-0.2, -0.15) is 5.10 Å². The Morgan fingerprint density at radius 2 is 1.91 bits per heavy atom. The van der Waals surface area contributed by atoms with Crippen molar-refractivity contribution < 1.29 is 14.2 Å². The van der Waals surface area contributed by atoms with Gasteiger partial charge in [-0.15, -0.1) is 0 Å². The highest BCUT2D eigenvalue weighted by molar-refractivity contribution is 5.83. The number of phenols is 1. The van der Waals surface area contributed by atoms with Crippen LogP contribution in [0.2, 0.25) is 0 Å². The largest absolute Gasteiger partial charge is 0.505 e. The van der Waals surface area contributed by atoms with Gasteiger partial charge in [0.15, 0.2) is 11.6 Å². The molecule has 0 saturated heterocycles. The Bertz CT molecular complexity index is 800. The monoisotopic (exact) mass is 312 g/mol. The fraction of sp³-hybridized carbons (Fsp3) is 0.167. The summed E-state index contributed by atoms with van der Waals surface area (Å²) < 4.78 is 19.6. The van der Waals surface area contributed by atoms with E-state index in [2.05, 4.69) is 10.2 Å². The molecule has 1 aromatic heterocycles. The van der Waals surface area contributed by atoms with Gasteiger partial charge in [0.1, 0.15) is 5.69 Å².